The molecule has 0 N–H and O–H groups in total. The van der Waals surface area contributed by atoms with Gasteiger partial charge in [-0.25, -0.2) is 0 Å². The predicted molar refractivity (Wildman–Crippen MR) is 57.4 cm³/mol. The third kappa shape index (κ3) is 1.09. The summed E-state index contributed by atoms with van der Waals surface area (Å²) in [5, 5.41) is 2.43. The van der Waals surface area contributed by atoms with Crippen molar-refractivity contribution < 1.29 is 4.79 Å². The molecule has 0 radical (unpaired) electrons. The van der Waals surface area contributed by atoms with E-state index in [2.05, 4.69) is 24.3 Å². The van der Waals surface area contributed by atoms with Gasteiger partial charge >= 0.3 is 0 Å². The Labute approximate surface area is 86.6 Å². The molecule has 1 amide bonds. The number of thioether (sulfide) groups is 1. The van der Waals surface area contributed by atoms with Gasteiger partial charge < -0.3 is 4.90 Å². The number of rotatable bonds is 0. The zero-order valence-electron chi connectivity index (χ0n) is 7.51. The van der Waals surface area contributed by atoms with E-state index >= 15 is 0 Å². The summed E-state index contributed by atoms with van der Waals surface area (Å²) in [5.41, 5.74) is 2.85. The van der Waals surface area contributed by atoms with Crippen LogP contribution in [-0.2, 0) is 4.79 Å². The van der Waals surface area contributed by atoms with Gasteiger partial charge in [0.2, 0.25) is 5.91 Å². The Hall–Kier alpha value is -1.22. The highest BCUT2D eigenvalue weighted by Gasteiger charge is 2.36. The van der Waals surface area contributed by atoms with E-state index in [-0.39, 0.29) is 5.91 Å². The van der Waals surface area contributed by atoms with E-state index in [1.807, 2.05) is 11.6 Å². The Balaban J connectivity index is 0.0000000950. The third-order valence-electron chi connectivity index (χ3n) is 2.62. The van der Waals surface area contributed by atoms with Gasteiger partial charge in [-0.15, -0.1) is 11.8 Å². The molecule has 2 aliphatic carbocycles. The molecule has 2 nitrogen and oxygen atoms in total. The Morgan fingerprint density at radius 2 is 1.86 bits per heavy atom. The van der Waals surface area contributed by atoms with Gasteiger partial charge in [0.15, 0.2) is 0 Å². The number of carbonyl (C=O) groups excluding carboxylic acids is 1. The van der Waals surface area contributed by atoms with Crippen molar-refractivity contribution >= 4 is 17.7 Å². The maximum absolute atomic E-state index is 10.6. The second-order valence-electron chi connectivity index (χ2n) is 3.46. The molecule has 70 valence electrons. The van der Waals surface area contributed by atoms with Crippen molar-refractivity contribution in [2.75, 3.05) is 0 Å². The molecule has 4 rings (SSSR count). The van der Waals surface area contributed by atoms with Gasteiger partial charge in [0.1, 0.15) is 0 Å². The Bertz CT molecular complexity index is 389. The van der Waals surface area contributed by atoms with E-state index in [9.17, 15) is 4.79 Å². The van der Waals surface area contributed by atoms with E-state index in [1.54, 1.807) is 16.7 Å². The first-order valence-corrected chi connectivity index (χ1v) is 5.52. The SMILES string of the molecule is O=C1C[C@H]2SC=CN12.c1cc2ccc1-2. The summed E-state index contributed by atoms with van der Waals surface area (Å²) in [6.45, 7) is 0. The van der Waals surface area contributed by atoms with E-state index in [0.717, 1.165) is 6.42 Å². The van der Waals surface area contributed by atoms with Crippen molar-refractivity contribution in [2.24, 2.45) is 0 Å². The van der Waals surface area contributed by atoms with Gasteiger partial charge in [0.25, 0.3) is 0 Å². The van der Waals surface area contributed by atoms with Crippen molar-refractivity contribution in [3.63, 3.8) is 0 Å². The maximum Gasteiger partial charge on any atom is 0.230 e. The minimum atomic E-state index is 0.260. The van der Waals surface area contributed by atoms with Gasteiger partial charge in [-0.05, 0) is 16.5 Å². The fourth-order valence-corrected chi connectivity index (χ4v) is 2.49. The lowest BCUT2D eigenvalue weighted by molar-refractivity contribution is -0.137. The molecule has 2 heterocycles. The lowest BCUT2D eigenvalue weighted by Gasteiger charge is -2.31. The number of hydrogen-bond donors (Lipinski definition) is 0. The van der Waals surface area contributed by atoms with Crippen LogP contribution in [-0.4, -0.2) is 16.2 Å². The van der Waals surface area contributed by atoms with Crippen LogP contribution < -0.4 is 0 Å². The second kappa shape index (κ2) is 2.89. The van der Waals surface area contributed by atoms with Crippen molar-refractivity contribution in [3.8, 4) is 11.1 Å². The van der Waals surface area contributed by atoms with Crippen LogP contribution in [0.4, 0.5) is 0 Å². The fourth-order valence-electron chi connectivity index (χ4n) is 1.55. The average Bonchev–Trinajstić information content (AvgIpc) is 2.53. The van der Waals surface area contributed by atoms with Gasteiger partial charge in [-0.1, -0.05) is 24.3 Å². The highest BCUT2D eigenvalue weighted by atomic mass is 32.2. The summed E-state index contributed by atoms with van der Waals surface area (Å²) in [6.07, 6.45) is 2.58. The molecule has 1 fully saturated rings. The first-order valence-electron chi connectivity index (χ1n) is 4.58. The summed E-state index contributed by atoms with van der Waals surface area (Å²) >= 11 is 1.72. The highest BCUT2D eigenvalue weighted by molar-refractivity contribution is 8.03. The summed E-state index contributed by atoms with van der Waals surface area (Å²) in [7, 11) is 0. The summed E-state index contributed by atoms with van der Waals surface area (Å²) in [4.78, 5) is 12.3. The van der Waals surface area contributed by atoms with Crippen LogP contribution in [0.2, 0.25) is 0 Å². The quantitative estimate of drug-likeness (QED) is 0.613. The molecule has 0 unspecified atom stereocenters. The van der Waals surface area contributed by atoms with Crippen LogP contribution in [0.1, 0.15) is 6.42 Å². The van der Waals surface area contributed by atoms with E-state index in [0.29, 0.717) is 5.37 Å². The number of benzene rings is 1. The summed E-state index contributed by atoms with van der Waals surface area (Å²) in [6, 6.07) is 8.48. The number of amides is 1. The molecular formula is C11H9NOS. The first kappa shape index (κ1) is 8.12. The number of fused-ring (bicyclic) bond motifs is 2. The van der Waals surface area contributed by atoms with Crippen molar-refractivity contribution in [1.82, 2.24) is 4.90 Å². The topological polar surface area (TPSA) is 20.3 Å². The zero-order valence-corrected chi connectivity index (χ0v) is 8.33. The van der Waals surface area contributed by atoms with E-state index < -0.39 is 0 Å². The van der Waals surface area contributed by atoms with Gasteiger partial charge in [-0.2, -0.15) is 0 Å². The molecule has 0 spiro atoms. The zero-order chi connectivity index (χ0) is 9.54. The molecule has 14 heavy (non-hydrogen) atoms. The van der Waals surface area contributed by atoms with Gasteiger partial charge in [0, 0.05) is 6.20 Å². The third-order valence-corrected chi connectivity index (χ3v) is 3.61. The van der Waals surface area contributed by atoms with E-state index in [1.165, 1.54) is 11.1 Å². The number of carbonyl (C=O) groups is 1. The van der Waals surface area contributed by atoms with Gasteiger partial charge in [0.05, 0.1) is 11.8 Å². The normalized spacial score (nSPS) is 23.6. The summed E-state index contributed by atoms with van der Waals surface area (Å²) in [5.74, 6) is 0.260. The van der Waals surface area contributed by atoms with Crippen molar-refractivity contribution in [3.05, 3.63) is 35.9 Å². The Morgan fingerprint density at radius 3 is 2.14 bits per heavy atom. The molecular weight excluding hydrogens is 194 g/mol. The number of hydrogen-bond acceptors (Lipinski definition) is 2. The molecule has 0 aromatic carbocycles. The lowest BCUT2D eigenvalue weighted by Crippen LogP contribution is -2.44. The van der Waals surface area contributed by atoms with Crippen LogP contribution in [0.15, 0.2) is 35.9 Å². The maximum atomic E-state index is 10.6. The van der Waals surface area contributed by atoms with E-state index in [4.69, 9.17) is 0 Å². The van der Waals surface area contributed by atoms with Crippen LogP contribution in [0, 0.1) is 0 Å². The molecule has 0 aromatic heterocycles. The molecule has 4 aliphatic rings. The summed E-state index contributed by atoms with van der Waals surface area (Å²) < 4.78 is 0. The predicted octanol–water partition coefficient (Wildman–Crippen LogP) is 2.43. The molecule has 0 bridgehead atoms. The second-order valence-corrected chi connectivity index (χ2v) is 4.55. The van der Waals surface area contributed by atoms with Crippen LogP contribution in [0.3, 0.4) is 0 Å². The lowest BCUT2D eigenvalue weighted by atomic mass is 9.95. The Morgan fingerprint density at radius 1 is 1.21 bits per heavy atom. The standard InChI is InChI=1S/C6H4.C5H5NOS/c1-2-6-4-3-5(1)6;7-4-3-5-6(4)1-2-8-5/h1-4H;1-2,5H,3H2/t;5-/m.1/s1. The van der Waals surface area contributed by atoms with Crippen LogP contribution >= 0.6 is 11.8 Å². The molecule has 0 saturated carbocycles. The molecule has 1 saturated heterocycles. The van der Waals surface area contributed by atoms with Crippen molar-refractivity contribution in [2.45, 2.75) is 11.8 Å². The minimum Gasteiger partial charge on any atom is -0.305 e. The molecule has 0 aromatic rings. The number of β-lactam (4-membered cyclic amide) rings is 1. The molecule has 3 heteroatoms. The first-order chi connectivity index (χ1) is 6.84. The van der Waals surface area contributed by atoms with Crippen molar-refractivity contribution in [1.29, 1.82) is 0 Å². The average molecular weight is 203 g/mol. The van der Waals surface area contributed by atoms with Crippen LogP contribution in [0.5, 0.6) is 0 Å². The monoisotopic (exact) mass is 203 g/mol. The highest BCUT2D eigenvalue weighted by Crippen LogP contribution is 2.35. The molecule has 1 atom stereocenters. The van der Waals surface area contributed by atoms with Gasteiger partial charge in [-0.3, -0.25) is 4.79 Å². The fraction of sp³-hybridized carbons (Fsp3) is 0.182. The molecule has 2 aliphatic heterocycles. The largest absolute Gasteiger partial charge is 0.305 e. The minimum absolute atomic E-state index is 0.260. The van der Waals surface area contributed by atoms with Crippen LogP contribution in [0.25, 0.3) is 11.1 Å². The smallest absolute Gasteiger partial charge is 0.230 e. The Kier molecular flexibility index (Phi) is 1.67. The number of nitrogens with zero attached hydrogens (tertiary/aromatic N) is 1.